The highest BCUT2D eigenvalue weighted by Crippen LogP contribution is 2.34. The minimum Gasteiger partial charge on any atom is -0.507 e. The van der Waals surface area contributed by atoms with Crippen molar-refractivity contribution in [1.29, 1.82) is 0 Å². The van der Waals surface area contributed by atoms with Gasteiger partial charge < -0.3 is 24.1 Å². The molecule has 1 N–H and O–H groups in total. The van der Waals surface area contributed by atoms with Crippen LogP contribution in [0.25, 0.3) is 34.2 Å². The normalized spacial score (nSPS) is 11.8. The Morgan fingerprint density at radius 1 is 0.721 bits per heavy atom. The number of hydrogen-bond acceptors (Lipinski definition) is 9. The van der Waals surface area contributed by atoms with Gasteiger partial charge in [-0.1, -0.05) is 47.5 Å². The van der Waals surface area contributed by atoms with Crippen LogP contribution in [0.4, 0.5) is 0 Å². The van der Waals surface area contributed by atoms with Gasteiger partial charge in [0.05, 0.1) is 25.4 Å². The second-order valence-electron chi connectivity index (χ2n) is 10.4. The minimum atomic E-state index is -0.891. The summed E-state index contributed by atoms with van der Waals surface area (Å²) in [5, 5.41) is 11.0. The van der Waals surface area contributed by atoms with Crippen LogP contribution in [0.15, 0.2) is 54.6 Å². The molecule has 9 heteroatoms. The van der Waals surface area contributed by atoms with E-state index in [0.717, 1.165) is 33.4 Å². The van der Waals surface area contributed by atoms with Crippen LogP contribution < -0.4 is 4.74 Å². The van der Waals surface area contributed by atoms with Gasteiger partial charge in [0.1, 0.15) is 18.1 Å². The lowest BCUT2D eigenvalue weighted by Gasteiger charge is -2.15. The molecule has 0 aliphatic heterocycles. The number of ether oxygens (including phenoxy) is 4. The number of phenolic OH excluding ortho intramolecular Hbond substituents is 1. The number of esters is 1. The van der Waals surface area contributed by atoms with Gasteiger partial charge in [-0.05, 0) is 64.8 Å². The van der Waals surface area contributed by atoms with Gasteiger partial charge in [-0.3, -0.25) is 0 Å². The standard InChI is InChI=1S/C34H39N3O6/c1-7-40-14-15-41-16-17-42-34(39)25(6)43-26-10-13-29(30(38)20-26)33-36-31(27-11-8-21(2)18-23(27)4)35-32(37-33)28-12-9-22(3)19-24(28)5/h8-13,18-20,25,38H,7,14-17H2,1-6H3. The highest BCUT2D eigenvalue weighted by Gasteiger charge is 2.20. The maximum atomic E-state index is 12.4. The van der Waals surface area contributed by atoms with Crippen LogP contribution in [0.1, 0.15) is 36.1 Å². The molecule has 0 spiro atoms. The first-order valence-corrected chi connectivity index (χ1v) is 14.4. The third kappa shape index (κ3) is 8.37. The summed E-state index contributed by atoms with van der Waals surface area (Å²) in [4.78, 5) is 26.8. The van der Waals surface area contributed by atoms with E-state index in [1.54, 1.807) is 19.1 Å². The molecule has 1 aromatic heterocycles. The fraction of sp³-hybridized carbons (Fsp3) is 0.353. The molecule has 0 bridgehead atoms. The first-order chi connectivity index (χ1) is 20.7. The monoisotopic (exact) mass is 585 g/mol. The predicted molar refractivity (Wildman–Crippen MR) is 165 cm³/mol. The first kappa shape index (κ1) is 31.6. The van der Waals surface area contributed by atoms with Crippen molar-refractivity contribution >= 4 is 5.97 Å². The molecule has 1 atom stereocenters. The summed E-state index contributed by atoms with van der Waals surface area (Å²) >= 11 is 0. The van der Waals surface area contributed by atoms with Gasteiger partial charge in [0.25, 0.3) is 0 Å². The molecule has 0 saturated heterocycles. The van der Waals surface area contributed by atoms with E-state index >= 15 is 0 Å². The largest absolute Gasteiger partial charge is 0.507 e. The molecule has 1 unspecified atom stereocenters. The molecule has 0 aliphatic carbocycles. The van der Waals surface area contributed by atoms with Crippen LogP contribution in [0.2, 0.25) is 0 Å². The molecule has 4 rings (SSSR count). The highest BCUT2D eigenvalue weighted by molar-refractivity contribution is 5.75. The Kier molecular flexibility index (Phi) is 10.8. The molecule has 43 heavy (non-hydrogen) atoms. The topological polar surface area (TPSA) is 113 Å². The Hall–Kier alpha value is -4.34. The molecule has 4 aromatic rings. The number of benzene rings is 3. The number of carbonyl (C=O) groups is 1. The second-order valence-corrected chi connectivity index (χ2v) is 10.4. The lowest BCUT2D eigenvalue weighted by Crippen LogP contribution is -2.27. The average molecular weight is 586 g/mol. The van der Waals surface area contributed by atoms with Gasteiger partial charge >= 0.3 is 5.97 Å². The van der Waals surface area contributed by atoms with E-state index in [9.17, 15) is 9.90 Å². The van der Waals surface area contributed by atoms with Crippen molar-refractivity contribution < 1.29 is 28.8 Å². The van der Waals surface area contributed by atoms with Gasteiger partial charge in [0.2, 0.25) is 0 Å². The summed E-state index contributed by atoms with van der Waals surface area (Å²) < 4.78 is 21.5. The quantitative estimate of drug-likeness (QED) is 0.145. The van der Waals surface area contributed by atoms with Crippen molar-refractivity contribution in [2.24, 2.45) is 0 Å². The average Bonchev–Trinajstić information content (AvgIpc) is 2.96. The second kappa shape index (κ2) is 14.7. The van der Waals surface area contributed by atoms with Crippen molar-refractivity contribution in [2.75, 3.05) is 33.0 Å². The SMILES string of the molecule is CCOCCOCCOC(=O)C(C)Oc1ccc(-c2nc(-c3ccc(C)cc3C)nc(-c3ccc(C)cc3C)n2)c(O)c1. The van der Waals surface area contributed by atoms with Crippen LogP contribution in [0, 0.1) is 27.7 Å². The number of nitrogens with zero attached hydrogens (tertiary/aromatic N) is 3. The van der Waals surface area contributed by atoms with Gasteiger partial charge in [-0.25, -0.2) is 19.7 Å². The lowest BCUT2D eigenvalue weighted by atomic mass is 10.0. The van der Waals surface area contributed by atoms with Gasteiger partial charge in [-0.15, -0.1) is 0 Å². The number of aromatic nitrogens is 3. The fourth-order valence-corrected chi connectivity index (χ4v) is 4.58. The smallest absolute Gasteiger partial charge is 0.347 e. The molecule has 0 fully saturated rings. The van der Waals surface area contributed by atoms with E-state index in [1.165, 1.54) is 6.07 Å². The molecule has 9 nitrogen and oxygen atoms in total. The van der Waals surface area contributed by atoms with Crippen molar-refractivity contribution in [1.82, 2.24) is 15.0 Å². The predicted octanol–water partition coefficient (Wildman–Crippen LogP) is 6.18. The third-order valence-electron chi connectivity index (χ3n) is 6.78. The molecule has 1 heterocycles. The summed E-state index contributed by atoms with van der Waals surface area (Å²) in [6.45, 7) is 13.5. The zero-order valence-corrected chi connectivity index (χ0v) is 25.6. The molecule has 0 amide bonds. The van der Waals surface area contributed by atoms with E-state index in [-0.39, 0.29) is 19.0 Å². The molecule has 0 saturated carbocycles. The summed E-state index contributed by atoms with van der Waals surface area (Å²) in [7, 11) is 0. The number of phenols is 1. The van der Waals surface area contributed by atoms with E-state index in [2.05, 4.69) is 12.1 Å². The number of aryl methyl sites for hydroxylation is 4. The third-order valence-corrected chi connectivity index (χ3v) is 6.78. The first-order valence-electron chi connectivity index (χ1n) is 14.4. The Labute approximate surface area is 252 Å². The van der Waals surface area contributed by atoms with E-state index < -0.39 is 12.1 Å². The van der Waals surface area contributed by atoms with Gasteiger partial charge in [0, 0.05) is 23.8 Å². The molecule has 3 aromatic carbocycles. The number of rotatable bonds is 13. The van der Waals surface area contributed by atoms with E-state index in [1.807, 2.05) is 58.9 Å². The van der Waals surface area contributed by atoms with Crippen molar-refractivity contribution in [3.63, 3.8) is 0 Å². The molecule has 226 valence electrons. The number of carbonyl (C=O) groups excluding carboxylic acids is 1. The number of hydrogen-bond donors (Lipinski definition) is 1. The van der Waals surface area contributed by atoms with Crippen molar-refractivity contribution in [3.05, 3.63) is 76.9 Å². The summed E-state index contributed by atoms with van der Waals surface area (Å²) in [6, 6.07) is 17.0. The van der Waals surface area contributed by atoms with Crippen LogP contribution >= 0.6 is 0 Å². The zero-order chi connectivity index (χ0) is 30.9. The van der Waals surface area contributed by atoms with Crippen molar-refractivity contribution in [2.45, 2.75) is 47.6 Å². The van der Waals surface area contributed by atoms with Gasteiger partial charge in [0.15, 0.2) is 23.6 Å². The lowest BCUT2D eigenvalue weighted by molar-refractivity contribution is -0.152. The Balaban J connectivity index is 1.56. The summed E-state index contributed by atoms with van der Waals surface area (Å²) in [5.74, 6) is 1.01. The van der Waals surface area contributed by atoms with Crippen molar-refractivity contribution in [3.8, 4) is 45.7 Å². The molecule has 0 aliphatic rings. The minimum absolute atomic E-state index is 0.0925. The highest BCUT2D eigenvalue weighted by atomic mass is 16.6. The van der Waals surface area contributed by atoms with Gasteiger partial charge in [-0.2, -0.15) is 0 Å². The Morgan fingerprint density at radius 2 is 1.23 bits per heavy atom. The van der Waals surface area contributed by atoms with E-state index in [4.69, 9.17) is 33.9 Å². The summed E-state index contributed by atoms with van der Waals surface area (Å²) in [6.07, 6.45) is -0.891. The zero-order valence-electron chi connectivity index (χ0n) is 25.6. The maximum absolute atomic E-state index is 12.4. The fourth-order valence-electron chi connectivity index (χ4n) is 4.58. The molecular formula is C34H39N3O6. The molecule has 0 radical (unpaired) electrons. The maximum Gasteiger partial charge on any atom is 0.347 e. The van der Waals surface area contributed by atoms with Crippen LogP contribution in [0.3, 0.4) is 0 Å². The Morgan fingerprint density at radius 3 is 1.77 bits per heavy atom. The number of aromatic hydroxyl groups is 1. The summed E-state index contributed by atoms with van der Waals surface area (Å²) in [5.41, 5.74) is 6.53. The van der Waals surface area contributed by atoms with Crippen LogP contribution in [-0.4, -0.2) is 65.2 Å². The molecular weight excluding hydrogens is 546 g/mol. The Bertz CT molecular complexity index is 1500. The van der Waals surface area contributed by atoms with E-state index in [0.29, 0.717) is 48.6 Å². The van der Waals surface area contributed by atoms with Crippen LogP contribution in [-0.2, 0) is 19.0 Å². The van der Waals surface area contributed by atoms with Crippen LogP contribution in [0.5, 0.6) is 11.5 Å².